The molecule has 0 N–H and O–H groups in total. The summed E-state index contributed by atoms with van der Waals surface area (Å²) in [7, 11) is -9.61. The van der Waals surface area contributed by atoms with E-state index in [9.17, 15) is 19.4 Å². The fraction of sp³-hybridized carbons (Fsp3) is 0.462. The lowest BCUT2D eigenvalue weighted by Gasteiger charge is -2.40. The van der Waals surface area contributed by atoms with Gasteiger partial charge in [-0.2, -0.15) is 0 Å². The van der Waals surface area contributed by atoms with Gasteiger partial charge in [0.15, 0.2) is 0 Å². The Morgan fingerprint density at radius 1 is 0.781 bits per heavy atom. The first-order chi connectivity index (χ1) is 15.0. The first-order valence-electron chi connectivity index (χ1n) is 11.6. The first-order valence-corrected chi connectivity index (χ1v) is 13.5. The van der Waals surface area contributed by atoms with Gasteiger partial charge in [-0.15, -0.1) is 0 Å². The second-order valence-corrected chi connectivity index (χ2v) is 11.4. The molecule has 0 saturated carbocycles. The smallest absolute Gasteiger partial charge is 0.0936 e. The molecule has 0 fully saturated rings. The van der Waals surface area contributed by atoms with Crippen LogP contribution in [-0.2, 0) is 6.42 Å². The van der Waals surface area contributed by atoms with Gasteiger partial charge in [-0.3, -0.25) is 0 Å². The van der Waals surface area contributed by atoms with E-state index in [2.05, 4.69) is 31.2 Å². The molecule has 0 nitrogen and oxygen atoms in total. The highest BCUT2D eigenvalue weighted by Gasteiger charge is 2.65. The molecule has 2 aromatic carbocycles. The van der Waals surface area contributed by atoms with Crippen LogP contribution < -0.4 is 0 Å². The Morgan fingerprint density at radius 3 is 1.97 bits per heavy atom. The van der Waals surface area contributed by atoms with E-state index in [4.69, 9.17) is 0 Å². The van der Waals surface area contributed by atoms with Gasteiger partial charge in [0.25, 0.3) is 0 Å². The van der Waals surface area contributed by atoms with Crippen molar-refractivity contribution in [3.05, 3.63) is 71.3 Å². The summed E-state index contributed by atoms with van der Waals surface area (Å²) in [5, 5.41) is 0. The summed E-state index contributed by atoms with van der Waals surface area (Å²) >= 11 is 0. The van der Waals surface area contributed by atoms with Crippen LogP contribution in [0.25, 0.3) is 5.57 Å². The van der Waals surface area contributed by atoms with Crippen molar-refractivity contribution in [1.29, 1.82) is 0 Å². The minimum atomic E-state index is -9.61. The Bertz CT molecular complexity index is 912. The fourth-order valence-corrected chi connectivity index (χ4v) is 5.04. The summed E-state index contributed by atoms with van der Waals surface area (Å²) in [5.74, 6) is 0.380. The average molecular weight is 473 g/mol. The van der Waals surface area contributed by atoms with Crippen LogP contribution in [0.5, 0.6) is 0 Å². The summed E-state index contributed by atoms with van der Waals surface area (Å²) in [4.78, 5) is -1.83. The van der Waals surface area contributed by atoms with Crippen LogP contribution in [0.15, 0.2) is 59.5 Å². The van der Waals surface area contributed by atoms with Crippen molar-refractivity contribution in [3.63, 3.8) is 0 Å². The van der Waals surface area contributed by atoms with E-state index >= 15 is 0 Å². The van der Waals surface area contributed by atoms with Gasteiger partial charge in [-0.1, -0.05) is 101 Å². The SMILES string of the molecule is CCCCCCCCc1ccc(C2CC=C(c3ccc(S(F)(F)(F)(F)F)cc3)CC2)cc1. The van der Waals surface area contributed by atoms with Crippen molar-refractivity contribution < 1.29 is 19.4 Å². The number of allylic oxidation sites excluding steroid dienone is 2. The zero-order valence-corrected chi connectivity index (χ0v) is 19.5. The molecule has 0 bridgehead atoms. The molecule has 0 saturated heterocycles. The Morgan fingerprint density at radius 2 is 1.41 bits per heavy atom. The maximum atomic E-state index is 12.9. The molecule has 3 rings (SSSR count). The van der Waals surface area contributed by atoms with E-state index in [1.165, 1.54) is 49.7 Å². The van der Waals surface area contributed by atoms with E-state index in [-0.39, 0.29) is 0 Å². The molecule has 0 heterocycles. The highest BCUT2D eigenvalue weighted by atomic mass is 32.5. The molecule has 0 aromatic heterocycles. The second kappa shape index (κ2) is 9.20. The van der Waals surface area contributed by atoms with Crippen LogP contribution in [0.2, 0.25) is 0 Å². The van der Waals surface area contributed by atoms with Gasteiger partial charge in [-0.05, 0) is 72.4 Å². The number of aryl methyl sites for hydroxylation is 1. The Labute approximate surface area is 188 Å². The molecule has 1 unspecified atom stereocenters. The van der Waals surface area contributed by atoms with Crippen LogP contribution in [0, 0.1) is 0 Å². The maximum absolute atomic E-state index is 12.9. The zero-order valence-electron chi connectivity index (χ0n) is 18.6. The number of unbranched alkanes of at least 4 members (excludes halogenated alkanes) is 5. The summed E-state index contributed by atoms with van der Waals surface area (Å²) in [6.07, 6.45) is 13.3. The van der Waals surface area contributed by atoms with Gasteiger partial charge in [0.2, 0.25) is 0 Å². The van der Waals surface area contributed by atoms with Gasteiger partial charge in [0.05, 0.1) is 0 Å². The lowest BCUT2D eigenvalue weighted by atomic mass is 9.82. The first kappa shape index (κ1) is 24.8. The zero-order chi connectivity index (χ0) is 23.3. The molecule has 6 heteroatoms. The van der Waals surface area contributed by atoms with E-state index in [1.807, 2.05) is 6.08 Å². The van der Waals surface area contributed by atoms with Crippen LogP contribution in [0.3, 0.4) is 0 Å². The van der Waals surface area contributed by atoms with Gasteiger partial charge >= 0.3 is 10.2 Å². The van der Waals surface area contributed by atoms with E-state index < -0.39 is 15.1 Å². The second-order valence-electron chi connectivity index (χ2n) is 8.95. The molecular weight excluding hydrogens is 439 g/mol. The van der Waals surface area contributed by atoms with Crippen molar-refractivity contribution in [3.8, 4) is 0 Å². The number of rotatable bonds is 10. The minimum Gasteiger partial charge on any atom is -0.0936 e. The third-order valence-corrected chi connectivity index (χ3v) is 7.51. The third kappa shape index (κ3) is 7.09. The van der Waals surface area contributed by atoms with Crippen molar-refractivity contribution in [1.82, 2.24) is 0 Å². The molecule has 2 aromatic rings. The van der Waals surface area contributed by atoms with Gasteiger partial charge in [0.1, 0.15) is 4.90 Å². The Kier molecular flexibility index (Phi) is 7.14. The molecular formula is C26H33F5S. The monoisotopic (exact) mass is 472 g/mol. The number of hydrogen-bond acceptors (Lipinski definition) is 0. The molecule has 0 radical (unpaired) electrons. The molecule has 1 aliphatic carbocycles. The molecule has 0 amide bonds. The van der Waals surface area contributed by atoms with Crippen molar-refractivity contribution in [2.45, 2.75) is 81.9 Å². The molecule has 0 aliphatic heterocycles. The lowest BCUT2D eigenvalue weighted by Crippen LogP contribution is -2.07. The predicted molar refractivity (Wildman–Crippen MR) is 126 cm³/mol. The number of hydrogen-bond donors (Lipinski definition) is 0. The quantitative estimate of drug-likeness (QED) is 0.238. The molecule has 32 heavy (non-hydrogen) atoms. The van der Waals surface area contributed by atoms with Crippen LogP contribution >= 0.6 is 10.2 Å². The largest absolute Gasteiger partial charge is 0.310 e. The Hall–Kier alpha value is -1.82. The highest BCUT2D eigenvalue weighted by Crippen LogP contribution is 3.02. The maximum Gasteiger partial charge on any atom is 0.310 e. The summed E-state index contributed by atoms with van der Waals surface area (Å²) in [6.45, 7) is 2.23. The van der Waals surface area contributed by atoms with Gasteiger partial charge < -0.3 is 0 Å². The van der Waals surface area contributed by atoms with Crippen LogP contribution in [-0.4, -0.2) is 0 Å². The number of halogens is 5. The number of benzene rings is 2. The third-order valence-electron chi connectivity index (χ3n) is 6.35. The van der Waals surface area contributed by atoms with E-state index in [0.717, 1.165) is 43.4 Å². The lowest BCUT2D eigenvalue weighted by molar-refractivity contribution is 0.364. The molecule has 1 atom stereocenters. The van der Waals surface area contributed by atoms with Crippen LogP contribution in [0.1, 0.15) is 87.3 Å². The fourth-order valence-electron chi connectivity index (χ4n) is 4.39. The van der Waals surface area contributed by atoms with Crippen molar-refractivity contribution >= 4 is 15.8 Å². The van der Waals surface area contributed by atoms with Crippen molar-refractivity contribution in [2.24, 2.45) is 0 Å². The van der Waals surface area contributed by atoms with E-state index in [1.54, 1.807) is 0 Å². The minimum absolute atomic E-state index is 0.380. The molecule has 0 spiro atoms. The normalized spacial score (nSPS) is 19.2. The highest BCUT2D eigenvalue weighted by molar-refractivity contribution is 8.45. The van der Waals surface area contributed by atoms with Gasteiger partial charge in [-0.25, -0.2) is 0 Å². The van der Waals surface area contributed by atoms with Crippen molar-refractivity contribution in [2.75, 3.05) is 0 Å². The molecule has 178 valence electrons. The molecule has 1 aliphatic rings. The topological polar surface area (TPSA) is 0 Å². The summed E-state index contributed by atoms with van der Waals surface area (Å²) in [6, 6.07) is 12.1. The standard InChI is InChI=1S/C26H33F5S/c1-2-3-4-5-6-7-8-21-9-11-22(12-10-21)23-13-15-24(16-14-23)25-17-19-26(20-18-25)32(27,28,29,30)31/h9-12,15,17-20,23H,2-8,13-14,16H2,1H3. The van der Waals surface area contributed by atoms with Crippen LogP contribution in [0.4, 0.5) is 19.4 Å². The summed E-state index contributed by atoms with van der Waals surface area (Å²) in [5.41, 5.74) is 4.15. The summed E-state index contributed by atoms with van der Waals surface area (Å²) < 4.78 is 64.5. The Balaban J connectivity index is 1.54. The average Bonchev–Trinajstić information content (AvgIpc) is 2.75. The predicted octanol–water partition coefficient (Wildman–Crippen LogP) is 10.6. The van der Waals surface area contributed by atoms with E-state index in [0.29, 0.717) is 23.6 Å². The van der Waals surface area contributed by atoms with Gasteiger partial charge in [0, 0.05) is 0 Å².